The van der Waals surface area contributed by atoms with Gasteiger partial charge in [-0.15, -0.1) is 0 Å². The van der Waals surface area contributed by atoms with Crippen LogP contribution in [0.2, 0.25) is 0 Å². The summed E-state index contributed by atoms with van der Waals surface area (Å²) in [5.74, 6) is 0.0725. The Balaban J connectivity index is 2.39. The minimum Gasteiger partial charge on any atom is -0.271 e. The number of hydrogen-bond donors (Lipinski definition) is 0. The van der Waals surface area contributed by atoms with Gasteiger partial charge >= 0.3 is 0 Å². The molecule has 0 aromatic rings. The maximum atomic E-state index is 12.0. The zero-order valence-corrected chi connectivity index (χ0v) is 11.0. The molecule has 0 spiro atoms. The highest BCUT2D eigenvalue weighted by Crippen LogP contribution is 2.33. The van der Waals surface area contributed by atoms with E-state index in [9.17, 15) is 4.79 Å². The Morgan fingerprint density at radius 3 is 2.88 bits per heavy atom. The molecule has 0 unspecified atom stereocenters. The highest BCUT2D eigenvalue weighted by molar-refractivity contribution is 8.15. The van der Waals surface area contributed by atoms with Crippen LogP contribution in [0.1, 0.15) is 40.5 Å². The summed E-state index contributed by atoms with van der Waals surface area (Å²) in [5, 5.41) is 6.60. The van der Waals surface area contributed by atoms with Crippen molar-refractivity contribution < 1.29 is 4.79 Å². The van der Waals surface area contributed by atoms with Gasteiger partial charge in [-0.2, -0.15) is 10.1 Å². The Morgan fingerprint density at radius 2 is 2.25 bits per heavy atom. The van der Waals surface area contributed by atoms with Gasteiger partial charge in [0.2, 0.25) is 0 Å². The molecule has 0 radical (unpaired) electrons. The Morgan fingerprint density at radius 1 is 1.56 bits per heavy atom. The van der Waals surface area contributed by atoms with Crippen molar-refractivity contribution in [1.82, 2.24) is 5.01 Å². The second kappa shape index (κ2) is 3.87. The fourth-order valence-corrected chi connectivity index (χ4v) is 3.16. The number of carbonyl (C=O) groups excluding carboxylic acids is 1. The lowest BCUT2D eigenvalue weighted by atomic mass is 9.99. The molecule has 2 heterocycles. The smallest absolute Gasteiger partial charge is 0.262 e. The minimum atomic E-state index is -0.159. The number of fused-ring (bicyclic) bond motifs is 1. The van der Waals surface area contributed by atoms with E-state index in [-0.39, 0.29) is 16.7 Å². The number of amides is 1. The fourth-order valence-electron chi connectivity index (χ4n) is 2.01. The van der Waals surface area contributed by atoms with Crippen LogP contribution in [-0.2, 0) is 4.79 Å². The predicted octanol–water partition coefficient (Wildman–Crippen LogP) is 2.25. The van der Waals surface area contributed by atoms with Crippen LogP contribution in [0.3, 0.4) is 0 Å². The van der Waals surface area contributed by atoms with Gasteiger partial charge in [0.25, 0.3) is 5.91 Å². The Kier molecular flexibility index (Phi) is 2.82. The molecule has 88 valence electrons. The van der Waals surface area contributed by atoms with Gasteiger partial charge in [0, 0.05) is 12.1 Å². The number of nitrogens with zero attached hydrogens (tertiary/aromatic N) is 3. The van der Waals surface area contributed by atoms with Gasteiger partial charge in [-0.25, -0.2) is 0 Å². The van der Waals surface area contributed by atoms with E-state index in [1.807, 2.05) is 13.8 Å². The molecular weight excluding hydrogens is 222 g/mol. The molecule has 1 atom stereocenters. The quantitative estimate of drug-likeness (QED) is 0.704. The largest absolute Gasteiger partial charge is 0.271 e. The first kappa shape index (κ1) is 11.6. The van der Waals surface area contributed by atoms with Gasteiger partial charge in [-0.05, 0) is 27.2 Å². The van der Waals surface area contributed by atoms with E-state index in [0.717, 1.165) is 23.7 Å². The van der Waals surface area contributed by atoms with Crippen LogP contribution >= 0.6 is 11.8 Å². The van der Waals surface area contributed by atoms with Gasteiger partial charge in [-0.3, -0.25) is 9.79 Å². The topological polar surface area (TPSA) is 45.0 Å². The molecule has 5 heteroatoms. The molecule has 0 N–H and O–H groups in total. The zero-order valence-electron chi connectivity index (χ0n) is 10.1. The maximum Gasteiger partial charge on any atom is 0.262 e. The third kappa shape index (κ3) is 2.00. The standard InChI is InChI=1S/C11H17N3OS/c1-5-8-9(15)14-10(16-8)12-11(3,4)6-7(2)13-14/h8H,5-6H2,1-4H3/t8-/m0/s1. The van der Waals surface area contributed by atoms with Gasteiger partial charge in [0.1, 0.15) is 0 Å². The summed E-state index contributed by atoms with van der Waals surface area (Å²) in [6, 6.07) is 0. The normalized spacial score (nSPS) is 28.4. The highest BCUT2D eigenvalue weighted by atomic mass is 32.2. The summed E-state index contributed by atoms with van der Waals surface area (Å²) in [6.07, 6.45) is 1.63. The van der Waals surface area contributed by atoms with Crippen molar-refractivity contribution in [3.63, 3.8) is 0 Å². The first-order valence-corrected chi connectivity index (χ1v) is 6.45. The molecular formula is C11H17N3OS. The predicted molar refractivity (Wildman–Crippen MR) is 67.8 cm³/mol. The third-order valence-corrected chi connectivity index (χ3v) is 3.94. The molecule has 0 bridgehead atoms. The van der Waals surface area contributed by atoms with Crippen molar-refractivity contribution in [3.05, 3.63) is 0 Å². The van der Waals surface area contributed by atoms with Crippen LogP contribution in [0, 0.1) is 0 Å². The van der Waals surface area contributed by atoms with Crippen LogP contribution in [0.25, 0.3) is 0 Å². The van der Waals surface area contributed by atoms with Crippen LogP contribution in [-0.4, -0.2) is 32.6 Å². The SMILES string of the molecule is CC[C@@H]1SC2=NC(C)(C)CC(C)=NN2C1=O. The summed E-state index contributed by atoms with van der Waals surface area (Å²) in [7, 11) is 0. The van der Waals surface area contributed by atoms with Gasteiger partial charge < -0.3 is 0 Å². The Labute approximate surface area is 100 Å². The molecule has 2 aliphatic heterocycles. The monoisotopic (exact) mass is 239 g/mol. The average molecular weight is 239 g/mol. The van der Waals surface area contributed by atoms with Crippen molar-refractivity contribution in [2.45, 2.75) is 51.3 Å². The molecule has 16 heavy (non-hydrogen) atoms. The molecule has 1 saturated heterocycles. The molecule has 1 fully saturated rings. The molecule has 0 aliphatic carbocycles. The number of aliphatic imine (C=N–C) groups is 1. The summed E-state index contributed by atoms with van der Waals surface area (Å²) >= 11 is 1.54. The van der Waals surface area contributed by atoms with Crippen LogP contribution in [0.4, 0.5) is 0 Å². The molecule has 0 saturated carbocycles. The number of thioether (sulfide) groups is 1. The second-order valence-electron chi connectivity index (χ2n) is 4.88. The number of hydrazone groups is 1. The summed E-state index contributed by atoms with van der Waals surface area (Å²) < 4.78 is 0. The molecule has 2 rings (SSSR count). The lowest BCUT2D eigenvalue weighted by Crippen LogP contribution is -2.27. The van der Waals surface area contributed by atoms with E-state index < -0.39 is 0 Å². The van der Waals surface area contributed by atoms with Gasteiger partial charge in [-0.1, -0.05) is 18.7 Å². The van der Waals surface area contributed by atoms with E-state index in [4.69, 9.17) is 0 Å². The van der Waals surface area contributed by atoms with Crippen molar-refractivity contribution in [2.24, 2.45) is 10.1 Å². The van der Waals surface area contributed by atoms with E-state index in [1.54, 1.807) is 0 Å². The van der Waals surface area contributed by atoms with Gasteiger partial charge in [0.15, 0.2) is 5.17 Å². The van der Waals surface area contributed by atoms with E-state index in [2.05, 4.69) is 23.9 Å². The molecule has 0 aromatic heterocycles. The van der Waals surface area contributed by atoms with Crippen LogP contribution in [0.5, 0.6) is 0 Å². The highest BCUT2D eigenvalue weighted by Gasteiger charge is 2.40. The van der Waals surface area contributed by atoms with Crippen molar-refractivity contribution >= 4 is 28.5 Å². The second-order valence-corrected chi connectivity index (χ2v) is 6.05. The van der Waals surface area contributed by atoms with Gasteiger partial charge in [0.05, 0.1) is 10.8 Å². The Hall–Kier alpha value is -0.840. The first-order chi connectivity index (χ1) is 7.43. The van der Waals surface area contributed by atoms with E-state index >= 15 is 0 Å². The molecule has 0 aromatic carbocycles. The number of rotatable bonds is 1. The summed E-state index contributed by atoms with van der Waals surface area (Å²) in [4.78, 5) is 16.6. The van der Waals surface area contributed by atoms with E-state index in [0.29, 0.717) is 0 Å². The minimum absolute atomic E-state index is 0.0100. The number of hydrogen-bond acceptors (Lipinski definition) is 4. The average Bonchev–Trinajstić information content (AvgIpc) is 2.38. The number of carbonyl (C=O) groups is 1. The fraction of sp³-hybridized carbons (Fsp3) is 0.727. The Bertz CT molecular complexity index is 387. The summed E-state index contributed by atoms with van der Waals surface area (Å²) in [5.41, 5.74) is 0.808. The lowest BCUT2D eigenvalue weighted by Gasteiger charge is -2.17. The summed E-state index contributed by atoms with van der Waals surface area (Å²) in [6.45, 7) is 8.13. The van der Waals surface area contributed by atoms with Crippen molar-refractivity contribution in [3.8, 4) is 0 Å². The molecule has 4 nitrogen and oxygen atoms in total. The number of amidine groups is 1. The lowest BCUT2D eigenvalue weighted by molar-refractivity contribution is -0.126. The maximum absolute atomic E-state index is 12.0. The molecule has 1 amide bonds. The van der Waals surface area contributed by atoms with Crippen LogP contribution < -0.4 is 0 Å². The van der Waals surface area contributed by atoms with Crippen molar-refractivity contribution in [2.75, 3.05) is 0 Å². The zero-order chi connectivity index (χ0) is 11.9. The van der Waals surface area contributed by atoms with Crippen LogP contribution in [0.15, 0.2) is 10.1 Å². The van der Waals surface area contributed by atoms with Crippen molar-refractivity contribution in [1.29, 1.82) is 0 Å². The van der Waals surface area contributed by atoms with E-state index in [1.165, 1.54) is 16.8 Å². The first-order valence-electron chi connectivity index (χ1n) is 5.57. The molecule has 2 aliphatic rings. The third-order valence-electron chi connectivity index (χ3n) is 2.64.